The van der Waals surface area contributed by atoms with Crippen molar-refractivity contribution in [2.24, 2.45) is 5.73 Å². The number of rotatable bonds is 4. The molecule has 0 radical (unpaired) electrons. The summed E-state index contributed by atoms with van der Waals surface area (Å²) in [6.45, 7) is 1.32. The van der Waals surface area contributed by atoms with Gasteiger partial charge < -0.3 is 10.5 Å². The standard InChI is InChI=1S/C12H12Cl2N2O4/c1-6(11(18)16-12(15)19)20-10(17)5-7-2-3-8(13)9(14)4-7/h2-4,6H,5H2,1H3,(H3,15,16,18,19)/t6-/m0/s1. The normalized spacial score (nSPS) is 11.6. The zero-order valence-corrected chi connectivity index (χ0v) is 12.0. The van der Waals surface area contributed by atoms with Crippen molar-refractivity contribution < 1.29 is 19.1 Å². The zero-order chi connectivity index (χ0) is 15.3. The molecule has 0 unspecified atom stereocenters. The lowest BCUT2D eigenvalue weighted by Crippen LogP contribution is -2.42. The van der Waals surface area contributed by atoms with Crippen LogP contribution in [0.1, 0.15) is 12.5 Å². The van der Waals surface area contributed by atoms with Crippen LogP contribution >= 0.6 is 23.2 Å². The van der Waals surface area contributed by atoms with E-state index in [9.17, 15) is 14.4 Å². The monoisotopic (exact) mass is 318 g/mol. The smallest absolute Gasteiger partial charge is 0.318 e. The molecule has 1 aromatic carbocycles. The molecule has 108 valence electrons. The Morgan fingerprint density at radius 3 is 2.50 bits per heavy atom. The van der Waals surface area contributed by atoms with Crippen LogP contribution in [0.3, 0.4) is 0 Å². The Morgan fingerprint density at radius 1 is 1.30 bits per heavy atom. The van der Waals surface area contributed by atoms with E-state index in [0.717, 1.165) is 0 Å². The number of halogens is 2. The fourth-order valence-corrected chi connectivity index (χ4v) is 1.65. The predicted molar refractivity (Wildman–Crippen MR) is 73.4 cm³/mol. The van der Waals surface area contributed by atoms with E-state index in [1.165, 1.54) is 13.0 Å². The van der Waals surface area contributed by atoms with Crippen LogP contribution in [0.25, 0.3) is 0 Å². The number of hydrogen-bond donors (Lipinski definition) is 2. The Morgan fingerprint density at radius 2 is 1.95 bits per heavy atom. The quantitative estimate of drug-likeness (QED) is 0.825. The number of nitrogens with one attached hydrogen (secondary N) is 1. The van der Waals surface area contributed by atoms with Gasteiger partial charge in [0, 0.05) is 0 Å². The Balaban J connectivity index is 2.56. The highest BCUT2D eigenvalue weighted by atomic mass is 35.5. The molecule has 1 atom stereocenters. The lowest BCUT2D eigenvalue weighted by atomic mass is 10.1. The van der Waals surface area contributed by atoms with Crippen molar-refractivity contribution in [2.45, 2.75) is 19.4 Å². The van der Waals surface area contributed by atoms with Gasteiger partial charge in [-0.3, -0.25) is 14.9 Å². The van der Waals surface area contributed by atoms with Crippen molar-refractivity contribution in [3.8, 4) is 0 Å². The summed E-state index contributed by atoms with van der Waals surface area (Å²) in [5, 5.41) is 2.50. The van der Waals surface area contributed by atoms with Gasteiger partial charge in [-0.05, 0) is 24.6 Å². The second kappa shape index (κ2) is 7.12. The van der Waals surface area contributed by atoms with E-state index in [1.807, 2.05) is 5.32 Å². The van der Waals surface area contributed by atoms with E-state index in [2.05, 4.69) is 0 Å². The van der Waals surface area contributed by atoms with Crippen LogP contribution < -0.4 is 11.1 Å². The van der Waals surface area contributed by atoms with Crippen molar-refractivity contribution in [1.29, 1.82) is 0 Å². The SMILES string of the molecule is C[C@H](OC(=O)Cc1ccc(Cl)c(Cl)c1)C(=O)NC(N)=O. The first kappa shape index (κ1) is 16.3. The van der Waals surface area contributed by atoms with Crippen LogP contribution in [0.2, 0.25) is 10.0 Å². The molecule has 3 N–H and O–H groups in total. The first-order valence-electron chi connectivity index (χ1n) is 5.53. The summed E-state index contributed by atoms with van der Waals surface area (Å²) in [6, 6.07) is 3.68. The maximum atomic E-state index is 11.6. The molecule has 20 heavy (non-hydrogen) atoms. The van der Waals surface area contributed by atoms with E-state index in [4.69, 9.17) is 33.7 Å². The van der Waals surface area contributed by atoms with Crippen LogP contribution in [-0.4, -0.2) is 24.0 Å². The largest absolute Gasteiger partial charge is 0.452 e. The van der Waals surface area contributed by atoms with E-state index in [1.54, 1.807) is 12.1 Å². The summed E-state index contributed by atoms with van der Waals surface area (Å²) in [5.41, 5.74) is 5.37. The number of ether oxygens (including phenoxy) is 1. The number of urea groups is 1. The van der Waals surface area contributed by atoms with Gasteiger partial charge in [0.2, 0.25) is 0 Å². The molecular formula is C12H12Cl2N2O4. The lowest BCUT2D eigenvalue weighted by molar-refractivity contribution is -0.153. The molecule has 0 aromatic heterocycles. The Kier molecular flexibility index (Phi) is 5.79. The number of esters is 1. The Labute approximate surface area is 125 Å². The Bertz CT molecular complexity index is 548. The van der Waals surface area contributed by atoms with E-state index >= 15 is 0 Å². The number of benzene rings is 1. The van der Waals surface area contributed by atoms with Crippen LogP contribution in [0, 0.1) is 0 Å². The highest BCUT2D eigenvalue weighted by molar-refractivity contribution is 6.42. The summed E-state index contributed by atoms with van der Waals surface area (Å²) in [4.78, 5) is 33.4. The molecule has 0 heterocycles. The fraction of sp³-hybridized carbons (Fsp3) is 0.250. The van der Waals surface area contributed by atoms with Gasteiger partial charge >= 0.3 is 12.0 Å². The molecule has 6 nitrogen and oxygen atoms in total. The summed E-state index contributed by atoms with van der Waals surface area (Å²) >= 11 is 11.6. The average molecular weight is 319 g/mol. The number of primary amides is 1. The molecule has 0 saturated heterocycles. The predicted octanol–water partition coefficient (Wildman–Crippen LogP) is 1.66. The number of amides is 3. The van der Waals surface area contributed by atoms with Gasteiger partial charge in [-0.25, -0.2) is 4.79 Å². The van der Waals surface area contributed by atoms with Gasteiger partial charge in [-0.1, -0.05) is 29.3 Å². The van der Waals surface area contributed by atoms with E-state index in [0.29, 0.717) is 15.6 Å². The number of carbonyl (C=O) groups excluding carboxylic acids is 3. The first-order valence-corrected chi connectivity index (χ1v) is 6.29. The highest BCUT2D eigenvalue weighted by Crippen LogP contribution is 2.22. The van der Waals surface area contributed by atoms with Gasteiger partial charge in [0.05, 0.1) is 16.5 Å². The molecule has 0 spiro atoms. The molecular weight excluding hydrogens is 307 g/mol. The molecule has 0 saturated carbocycles. The minimum atomic E-state index is -1.13. The van der Waals surface area contributed by atoms with Crippen LogP contribution in [0.5, 0.6) is 0 Å². The van der Waals surface area contributed by atoms with Gasteiger partial charge in [0.15, 0.2) is 6.10 Å². The van der Waals surface area contributed by atoms with Gasteiger partial charge in [0.25, 0.3) is 5.91 Å². The minimum absolute atomic E-state index is 0.0783. The molecule has 1 rings (SSSR count). The fourth-order valence-electron chi connectivity index (χ4n) is 1.33. The first-order chi connectivity index (χ1) is 9.29. The summed E-state index contributed by atoms with van der Waals surface area (Å²) < 4.78 is 4.85. The molecule has 1 aromatic rings. The van der Waals surface area contributed by atoms with Crippen molar-refractivity contribution in [3.05, 3.63) is 33.8 Å². The molecule has 3 amide bonds. The van der Waals surface area contributed by atoms with E-state index in [-0.39, 0.29) is 6.42 Å². The number of nitrogens with two attached hydrogens (primary N) is 1. The molecule has 0 aliphatic carbocycles. The average Bonchev–Trinajstić information content (AvgIpc) is 2.32. The molecule has 0 bridgehead atoms. The maximum absolute atomic E-state index is 11.6. The van der Waals surface area contributed by atoms with Crippen molar-refractivity contribution in [1.82, 2.24) is 5.32 Å². The van der Waals surface area contributed by atoms with Crippen molar-refractivity contribution in [3.63, 3.8) is 0 Å². The van der Waals surface area contributed by atoms with Crippen LogP contribution in [-0.2, 0) is 20.7 Å². The summed E-state index contributed by atoms with van der Waals surface area (Å²) in [6.07, 6.45) is -1.21. The lowest BCUT2D eigenvalue weighted by Gasteiger charge is -2.12. The molecule has 0 aliphatic heterocycles. The molecule has 0 fully saturated rings. The second-order valence-corrected chi connectivity index (χ2v) is 4.73. The Hall–Kier alpha value is -1.79. The van der Waals surface area contributed by atoms with Crippen molar-refractivity contribution in [2.75, 3.05) is 0 Å². The van der Waals surface area contributed by atoms with Crippen LogP contribution in [0.4, 0.5) is 4.79 Å². The summed E-state index contributed by atoms with van der Waals surface area (Å²) in [5.74, 6) is -1.43. The van der Waals surface area contributed by atoms with Crippen LogP contribution in [0.15, 0.2) is 18.2 Å². The van der Waals surface area contributed by atoms with E-state index < -0.39 is 24.0 Å². The summed E-state index contributed by atoms with van der Waals surface area (Å²) in [7, 11) is 0. The number of hydrogen-bond acceptors (Lipinski definition) is 4. The topological polar surface area (TPSA) is 98.5 Å². The number of carbonyl (C=O) groups is 3. The van der Waals surface area contributed by atoms with Gasteiger partial charge in [0.1, 0.15) is 0 Å². The van der Waals surface area contributed by atoms with Crippen molar-refractivity contribution >= 4 is 41.1 Å². The third kappa shape index (κ3) is 5.07. The minimum Gasteiger partial charge on any atom is -0.452 e. The zero-order valence-electron chi connectivity index (χ0n) is 10.5. The third-order valence-electron chi connectivity index (χ3n) is 2.26. The molecule has 8 heteroatoms. The number of imide groups is 1. The molecule has 0 aliphatic rings. The highest BCUT2D eigenvalue weighted by Gasteiger charge is 2.19. The second-order valence-electron chi connectivity index (χ2n) is 3.91. The van der Waals surface area contributed by atoms with Gasteiger partial charge in [-0.15, -0.1) is 0 Å². The van der Waals surface area contributed by atoms with Gasteiger partial charge in [-0.2, -0.15) is 0 Å². The maximum Gasteiger partial charge on any atom is 0.318 e. The third-order valence-corrected chi connectivity index (χ3v) is 3.00.